The first kappa shape index (κ1) is 22.2. The number of nitrogens with zero attached hydrogens (tertiary/aromatic N) is 1. The Balaban J connectivity index is 2.05. The average Bonchev–Trinajstić information content (AvgIpc) is 2.71. The highest BCUT2D eigenvalue weighted by Crippen LogP contribution is 2.16. The van der Waals surface area contributed by atoms with Gasteiger partial charge in [0.05, 0.1) is 12.1 Å². The molecule has 0 aliphatic rings. The van der Waals surface area contributed by atoms with Crippen molar-refractivity contribution in [3.05, 3.63) is 71.8 Å². The number of rotatable bonds is 7. The smallest absolute Gasteiger partial charge is 0.429 e. The summed E-state index contributed by atoms with van der Waals surface area (Å²) in [5.41, 5.74) is 4.05. The second kappa shape index (κ2) is 11.1. The van der Waals surface area contributed by atoms with Crippen molar-refractivity contribution in [2.45, 2.75) is 46.1 Å². The Morgan fingerprint density at radius 2 is 1.38 bits per heavy atom. The standard InChI is InChI=1S/C22H28N2O5/c1-16(2)20(17(3)25)24(22(27)29-15-19-12-8-5-9-13-19)23-21(26)28-14-18-10-6-4-7-11-18/h4-13,16-17,20,25H,14-15H2,1-3H3,(H,23,26)/t17-,20+/m0/s1. The molecule has 29 heavy (non-hydrogen) atoms. The second-order valence-corrected chi connectivity index (χ2v) is 7.06. The summed E-state index contributed by atoms with van der Waals surface area (Å²) in [6, 6.07) is 17.7. The normalized spacial score (nSPS) is 12.7. The Hall–Kier alpha value is -3.06. The Morgan fingerprint density at radius 3 is 1.83 bits per heavy atom. The molecule has 0 aromatic heterocycles. The van der Waals surface area contributed by atoms with Gasteiger partial charge in [0.2, 0.25) is 0 Å². The molecular weight excluding hydrogens is 372 g/mol. The maximum atomic E-state index is 12.7. The van der Waals surface area contributed by atoms with Crippen LogP contribution in [0, 0.1) is 5.92 Å². The summed E-state index contributed by atoms with van der Waals surface area (Å²) in [6.07, 6.45) is -2.48. The van der Waals surface area contributed by atoms with Crippen molar-refractivity contribution in [3.8, 4) is 0 Å². The van der Waals surface area contributed by atoms with Gasteiger partial charge in [0, 0.05) is 0 Å². The van der Waals surface area contributed by atoms with Crippen LogP contribution in [0.5, 0.6) is 0 Å². The summed E-state index contributed by atoms with van der Waals surface area (Å²) < 4.78 is 10.5. The fraction of sp³-hybridized carbons (Fsp3) is 0.364. The Kier molecular flexibility index (Phi) is 8.48. The number of aliphatic hydroxyl groups excluding tert-OH is 1. The van der Waals surface area contributed by atoms with Gasteiger partial charge in [0.15, 0.2) is 0 Å². The predicted molar refractivity (Wildman–Crippen MR) is 109 cm³/mol. The Bertz CT molecular complexity index is 757. The van der Waals surface area contributed by atoms with Crippen molar-refractivity contribution < 1.29 is 24.2 Å². The van der Waals surface area contributed by atoms with E-state index in [0.29, 0.717) is 0 Å². The SMILES string of the molecule is CC(C)[C@H]([C@H](C)O)N(NC(=O)OCc1ccccc1)C(=O)OCc1ccccc1. The molecule has 0 aliphatic carbocycles. The molecule has 7 nitrogen and oxygen atoms in total. The van der Waals surface area contributed by atoms with Crippen molar-refractivity contribution >= 4 is 12.2 Å². The fourth-order valence-corrected chi connectivity index (χ4v) is 2.96. The van der Waals surface area contributed by atoms with Crippen molar-refractivity contribution in [2.75, 3.05) is 0 Å². The zero-order valence-corrected chi connectivity index (χ0v) is 16.9. The summed E-state index contributed by atoms with van der Waals surface area (Å²) in [6.45, 7) is 5.33. The van der Waals surface area contributed by atoms with Gasteiger partial charge in [0.1, 0.15) is 13.2 Å². The molecule has 2 amide bonds. The minimum Gasteiger partial charge on any atom is -0.443 e. The molecule has 0 unspecified atom stereocenters. The number of hydrogen-bond acceptors (Lipinski definition) is 5. The number of carbonyl (C=O) groups excluding carboxylic acids is 2. The molecule has 2 aromatic rings. The van der Waals surface area contributed by atoms with Crippen LogP contribution in [0.3, 0.4) is 0 Å². The molecule has 0 saturated heterocycles. The van der Waals surface area contributed by atoms with E-state index in [1.54, 1.807) is 6.92 Å². The van der Waals surface area contributed by atoms with Crippen LogP contribution in [0.25, 0.3) is 0 Å². The minimum absolute atomic E-state index is 0.0432. The zero-order valence-electron chi connectivity index (χ0n) is 16.9. The van der Waals surface area contributed by atoms with Crippen LogP contribution in [0.15, 0.2) is 60.7 Å². The molecule has 0 fully saturated rings. The minimum atomic E-state index is -0.895. The number of hydrogen-bond donors (Lipinski definition) is 2. The van der Waals surface area contributed by atoms with E-state index in [2.05, 4.69) is 5.43 Å². The van der Waals surface area contributed by atoms with Crippen molar-refractivity contribution in [1.29, 1.82) is 0 Å². The third-order valence-corrected chi connectivity index (χ3v) is 4.30. The second-order valence-electron chi connectivity index (χ2n) is 7.06. The Labute approximate surface area is 171 Å². The van der Waals surface area contributed by atoms with E-state index < -0.39 is 24.3 Å². The highest BCUT2D eigenvalue weighted by Gasteiger charge is 2.33. The highest BCUT2D eigenvalue weighted by molar-refractivity contribution is 5.74. The van der Waals surface area contributed by atoms with Gasteiger partial charge in [-0.15, -0.1) is 0 Å². The molecule has 0 radical (unpaired) electrons. The van der Waals surface area contributed by atoms with Crippen LogP contribution in [0.1, 0.15) is 31.9 Å². The average molecular weight is 400 g/mol. The number of carbonyl (C=O) groups is 2. The van der Waals surface area contributed by atoms with Crippen LogP contribution in [-0.2, 0) is 22.7 Å². The first-order valence-corrected chi connectivity index (χ1v) is 9.53. The van der Waals surface area contributed by atoms with Gasteiger partial charge in [-0.1, -0.05) is 74.5 Å². The molecule has 0 saturated carbocycles. The number of ether oxygens (including phenoxy) is 2. The number of benzene rings is 2. The molecule has 0 bridgehead atoms. The van der Waals surface area contributed by atoms with E-state index in [-0.39, 0.29) is 19.1 Å². The van der Waals surface area contributed by atoms with E-state index in [1.807, 2.05) is 74.5 Å². The van der Waals surface area contributed by atoms with E-state index in [0.717, 1.165) is 16.1 Å². The summed E-state index contributed by atoms with van der Waals surface area (Å²) in [4.78, 5) is 25.0. The van der Waals surface area contributed by atoms with Crippen LogP contribution < -0.4 is 5.43 Å². The van der Waals surface area contributed by atoms with Gasteiger partial charge >= 0.3 is 12.2 Å². The maximum Gasteiger partial charge on any atom is 0.429 e. The highest BCUT2D eigenvalue weighted by atomic mass is 16.6. The molecule has 2 N–H and O–H groups in total. The van der Waals surface area contributed by atoms with Gasteiger partial charge in [-0.05, 0) is 24.0 Å². The van der Waals surface area contributed by atoms with Gasteiger partial charge in [-0.25, -0.2) is 20.0 Å². The van der Waals surface area contributed by atoms with Crippen LogP contribution in [0.4, 0.5) is 9.59 Å². The number of amides is 2. The van der Waals surface area contributed by atoms with Crippen LogP contribution in [0.2, 0.25) is 0 Å². The van der Waals surface area contributed by atoms with Gasteiger partial charge in [-0.3, -0.25) is 0 Å². The topological polar surface area (TPSA) is 88.1 Å². The van der Waals surface area contributed by atoms with E-state index in [9.17, 15) is 14.7 Å². The van der Waals surface area contributed by atoms with Crippen LogP contribution >= 0.6 is 0 Å². The predicted octanol–water partition coefficient (Wildman–Crippen LogP) is 3.87. The summed E-state index contributed by atoms with van der Waals surface area (Å²) in [7, 11) is 0. The number of hydrazine groups is 1. The molecule has 0 spiro atoms. The lowest BCUT2D eigenvalue weighted by Gasteiger charge is -2.34. The van der Waals surface area contributed by atoms with Gasteiger partial charge < -0.3 is 14.6 Å². The Morgan fingerprint density at radius 1 is 0.897 bits per heavy atom. The van der Waals surface area contributed by atoms with Crippen LogP contribution in [-0.4, -0.2) is 34.4 Å². The molecular formula is C22H28N2O5. The first-order valence-electron chi connectivity index (χ1n) is 9.53. The number of nitrogens with one attached hydrogen (secondary N) is 1. The molecule has 0 heterocycles. The van der Waals surface area contributed by atoms with Gasteiger partial charge in [0.25, 0.3) is 0 Å². The fourth-order valence-electron chi connectivity index (χ4n) is 2.96. The lowest BCUT2D eigenvalue weighted by molar-refractivity contribution is -0.00571. The quantitative estimate of drug-likeness (QED) is 0.689. The zero-order chi connectivity index (χ0) is 21.2. The molecule has 2 atom stereocenters. The summed E-state index contributed by atoms with van der Waals surface area (Å²) in [5, 5.41) is 11.2. The third-order valence-electron chi connectivity index (χ3n) is 4.30. The molecule has 7 heteroatoms. The molecule has 156 valence electrons. The molecule has 2 aromatic carbocycles. The first-order chi connectivity index (χ1) is 13.9. The van der Waals surface area contributed by atoms with E-state index in [1.165, 1.54) is 0 Å². The maximum absolute atomic E-state index is 12.7. The number of aliphatic hydroxyl groups is 1. The largest absolute Gasteiger partial charge is 0.443 e. The molecule has 2 rings (SSSR count). The summed E-state index contributed by atoms with van der Waals surface area (Å²) in [5.74, 6) is -0.145. The van der Waals surface area contributed by atoms with Crippen molar-refractivity contribution in [1.82, 2.24) is 10.4 Å². The monoisotopic (exact) mass is 400 g/mol. The lowest BCUT2D eigenvalue weighted by Crippen LogP contribution is -2.57. The molecule has 0 aliphatic heterocycles. The van der Waals surface area contributed by atoms with E-state index >= 15 is 0 Å². The van der Waals surface area contributed by atoms with Crippen molar-refractivity contribution in [2.24, 2.45) is 5.92 Å². The third kappa shape index (κ3) is 7.12. The van der Waals surface area contributed by atoms with Crippen molar-refractivity contribution in [3.63, 3.8) is 0 Å². The van der Waals surface area contributed by atoms with Gasteiger partial charge in [-0.2, -0.15) is 0 Å². The lowest BCUT2D eigenvalue weighted by atomic mass is 9.99. The van der Waals surface area contributed by atoms with E-state index in [4.69, 9.17) is 9.47 Å². The summed E-state index contributed by atoms with van der Waals surface area (Å²) >= 11 is 0.